The van der Waals surface area contributed by atoms with Gasteiger partial charge in [-0.2, -0.15) is 0 Å². The van der Waals surface area contributed by atoms with E-state index in [0.717, 1.165) is 49.6 Å². The average Bonchev–Trinajstić information content (AvgIpc) is 2.94. The number of hydrogen-bond donors (Lipinski definition) is 0. The molecule has 5 rings (SSSR count). The summed E-state index contributed by atoms with van der Waals surface area (Å²) in [5.74, 6) is 2.02. The molecule has 1 spiro atoms. The van der Waals surface area contributed by atoms with Crippen LogP contribution in [0.1, 0.15) is 59.3 Å². The molecule has 6 nitrogen and oxygen atoms in total. The van der Waals surface area contributed by atoms with Crippen LogP contribution in [0.15, 0.2) is 0 Å². The van der Waals surface area contributed by atoms with Crippen molar-refractivity contribution in [3.05, 3.63) is 0 Å². The highest BCUT2D eigenvalue weighted by atomic mass is 32.2. The first-order valence-corrected chi connectivity index (χ1v) is 13.2. The predicted molar refractivity (Wildman–Crippen MR) is 113 cm³/mol. The van der Waals surface area contributed by atoms with E-state index in [1.165, 1.54) is 6.42 Å². The van der Waals surface area contributed by atoms with Gasteiger partial charge in [0.1, 0.15) is 5.44 Å². The van der Waals surface area contributed by atoms with Gasteiger partial charge in [-0.1, -0.05) is 13.8 Å². The summed E-state index contributed by atoms with van der Waals surface area (Å²) in [6.45, 7) is 7.09. The fourth-order valence-corrected chi connectivity index (χ4v) is 7.16. The molecule has 0 aromatic rings. The fourth-order valence-electron chi connectivity index (χ4n) is 5.68. The number of ether oxygens (including phenoxy) is 3. The molecule has 0 aromatic carbocycles. The zero-order chi connectivity index (χ0) is 20.6. The lowest BCUT2D eigenvalue weighted by atomic mass is 9.58. The third-order valence-corrected chi connectivity index (χ3v) is 9.15. The van der Waals surface area contributed by atoms with Crippen molar-refractivity contribution in [1.29, 1.82) is 0 Å². The Bertz CT molecular complexity index is 606. The van der Waals surface area contributed by atoms with E-state index < -0.39 is 11.4 Å². The molecule has 2 bridgehead atoms. The van der Waals surface area contributed by atoms with Crippen LogP contribution in [-0.4, -0.2) is 47.0 Å². The zero-order valence-electron chi connectivity index (χ0n) is 17.9. The number of rotatable bonds is 6. The molecular formula is C21H34O6S2. The first kappa shape index (κ1) is 22.2. The van der Waals surface area contributed by atoms with Crippen molar-refractivity contribution < 1.29 is 28.8 Å². The van der Waals surface area contributed by atoms with Crippen LogP contribution in [0.2, 0.25) is 0 Å². The molecule has 166 valence electrons. The number of fused-ring (bicyclic) bond motifs is 2. The van der Waals surface area contributed by atoms with Gasteiger partial charge >= 0.3 is 5.30 Å². The number of thioether (sulfide) groups is 2. The molecule has 4 aliphatic heterocycles. The molecular weight excluding hydrogens is 412 g/mol. The number of hydrogen-bond acceptors (Lipinski definition) is 8. The van der Waals surface area contributed by atoms with Gasteiger partial charge in [0, 0.05) is 12.3 Å². The Kier molecular flexibility index (Phi) is 6.79. The standard InChI is InChI=1S/C21H34O6S2/c1-13-7-8-16-14(2)17(29-12-6-5-11-23-19(22)28-4)24-18-21(16)15(13)9-10-20(3,25-18)26-27-21/h13-18H,5-12H2,1-4H3/t13-,14-,15+,16+,17+,18-,20+,21-/m1/s1. The average molecular weight is 447 g/mol. The van der Waals surface area contributed by atoms with Gasteiger partial charge in [-0.3, -0.25) is 0 Å². The molecule has 4 heterocycles. The van der Waals surface area contributed by atoms with Crippen molar-refractivity contribution in [2.75, 3.05) is 18.6 Å². The van der Waals surface area contributed by atoms with Crippen molar-refractivity contribution in [1.82, 2.24) is 0 Å². The Labute approximate surface area is 182 Å². The molecule has 8 heteroatoms. The Balaban J connectivity index is 1.39. The first-order valence-electron chi connectivity index (χ1n) is 10.9. The summed E-state index contributed by atoms with van der Waals surface area (Å²) in [5.41, 5.74) is -0.388. The van der Waals surface area contributed by atoms with Crippen LogP contribution in [0.25, 0.3) is 0 Å². The van der Waals surface area contributed by atoms with Gasteiger partial charge in [-0.25, -0.2) is 14.6 Å². The lowest BCUT2D eigenvalue weighted by Crippen LogP contribution is -2.70. The largest absolute Gasteiger partial charge is 0.458 e. The van der Waals surface area contributed by atoms with Crippen LogP contribution in [0.3, 0.4) is 0 Å². The van der Waals surface area contributed by atoms with E-state index in [-0.39, 0.29) is 17.0 Å². The highest BCUT2D eigenvalue weighted by Gasteiger charge is 2.69. The normalized spacial score (nSPS) is 46.1. The molecule has 5 aliphatic rings. The lowest BCUT2D eigenvalue weighted by molar-refractivity contribution is -0.568. The summed E-state index contributed by atoms with van der Waals surface area (Å²) in [6.07, 6.45) is 7.51. The topological polar surface area (TPSA) is 63.2 Å². The quantitative estimate of drug-likeness (QED) is 0.313. The maximum Gasteiger partial charge on any atom is 0.367 e. The summed E-state index contributed by atoms with van der Waals surface area (Å²) in [7, 11) is 0. The zero-order valence-corrected chi connectivity index (χ0v) is 19.5. The maximum absolute atomic E-state index is 11.2. The van der Waals surface area contributed by atoms with Crippen LogP contribution in [0.5, 0.6) is 0 Å². The van der Waals surface area contributed by atoms with E-state index in [2.05, 4.69) is 13.8 Å². The van der Waals surface area contributed by atoms with Crippen LogP contribution >= 0.6 is 23.5 Å². The lowest BCUT2D eigenvalue weighted by Gasteiger charge is -2.60. The minimum Gasteiger partial charge on any atom is -0.458 e. The second-order valence-corrected chi connectivity index (χ2v) is 11.1. The molecule has 0 amide bonds. The Morgan fingerprint density at radius 2 is 1.97 bits per heavy atom. The summed E-state index contributed by atoms with van der Waals surface area (Å²) in [5, 5.41) is -0.204. The molecule has 0 aromatic heterocycles. The second kappa shape index (κ2) is 8.87. The Morgan fingerprint density at radius 1 is 1.14 bits per heavy atom. The maximum atomic E-state index is 11.2. The van der Waals surface area contributed by atoms with Gasteiger partial charge in [0.15, 0.2) is 11.9 Å². The van der Waals surface area contributed by atoms with Crippen molar-refractivity contribution in [2.45, 2.75) is 82.4 Å². The molecule has 5 fully saturated rings. The SMILES string of the molecule is CSC(=O)OCCCCS[C@@H]1O[C@@H]2O[C@]3(C)CC[C@H]4[C@H](C)CC[C@@H]([C@H]1C)[C@@]24OO3. The summed E-state index contributed by atoms with van der Waals surface area (Å²) >= 11 is 2.97. The molecule has 0 unspecified atom stereocenters. The smallest absolute Gasteiger partial charge is 0.367 e. The van der Waals surface area contributed by atoms with Crippen LogP contribution in [-0.2, 0) is 24.0 Å². The predicted octanol–water partition coefficient (Wildman–Crippen LogP) is 5.21. The molecule has 0 radical (unpaired) electrons. The Hall–Kier alpha value is 0.01000. The minimum atomic E-state index is -0.714. The van der Waals surface area contributed by atoms with Gasteiger partial charge in [-0.15, -0.1) is 11.8 Å². The second-order valence-electron chi connectivity index (χ2n) is 9.15. The van der Waals surface area contributed by atoms with E-state index in [0.29, 0.717) is 30.3 Å². The number of carbonyl (C=O) groups excluding carboxylic acids is 1. The van der Waals surface area contributed by atoms with Crippen LogP contribution in [0.4, 0.5) is 4.79 Å². The van der Waals surface area contributed by atoms with Gasteiger partial charge in [-0.05, 0) is 80.6 Å². The molecule has 0 N–H and O–H groups in total. The molecule has 29 heavy (non-hydrogen) atoms. The monoisotopic (exact) mass is 446 g/mol. The fraction of sp³-hybridized carbons (Fsp3) is 0.952. The van der Waals surface area contributed by atoms with Gasteiger partial charge in [0.25, 0.3) is 0 Å². The van der Waals surface area contributed by atoms with E-state index in [9.17, 15) is 4.79 Å². The highest BCUT2D eigenvalue weighted by Crippen LogP contribution is 2.61. The van der Waals surface area contributed by atoms with Crippen LogP contribution in [0, 0.1) is 23.7 Å². The Morgan fingerprint density at radius 3 is 2.76 bits per heavy atom. The van der Waals surface area contributed by atoms with E-state index in [1.54, 1.807) is 6.26 Å². The highest BCUT2D eigenvalue weighted by molar-refractivity contribution is 8.12. The molecule has 4 saturated heterocycles. The first-order chi connectivity index (χ1) is 13.9. The summed E-state index contributed by atoms with van der Waals surface area (Å²) < 4.78 is 18.1. The van der Waals surface area contributed by atoms with Crippen LogP contribution < -0.4 is 0 Å². The van der Waals surface area contributed by atoms with E-state index in [1.807, 2.05) is 18.7 Å². The third-order valence-electron chi connectivity index (χ3n) is 7.30. The molecule has 1 saturated carbocycles. The summed E-state index contributed by atoms with van der Waals surface area (Å²) in [6, 6.07) is 0. The van der Waals surface area contributed by atoms with Crippen molar-refractivity contribution >= 4 is 28.8 Å². The summed E-state index contributed by atoms with van der Waals surface area (Å²) in [4.78, 5) is 23.2. The van der Waals surface area contributed by atoms with Crippen molar-refractivity contribution in [3.63, 3.8) is 0 Å². The van der Waals surface area contributed by atoms with Gasteiger partial charge < -0.3 is 14.2 Å². The van der Waals surface area contributed by atoms with E-state index in [4.69, 9.17) is 24.0 Å². The number of unbranched alkanes of at least 4 members (excludes halogenated alkanes) is 1. The number of carbonyl (C=O) groups is 1. The minimum absolute atomic E-state index is 0.0879. The van der Waals surface area contributed by atoms with Gasteiger partial charge in [0.2, 0.25) is 5.79 Å². The van der Waals surface area contributed by atoms with Crippen molar-refractivity contribution in [2.24, 2.45) is 23.7 Å². The van der Waals surface area contributed by atoms with E-state index >= 15 is 0 Å². The molecule has 1 aliphatic carbocycles. The van der Waals surface area contributed by atoms with Crippen molar-refractivity contribution in [3.8, 4) is 0 Å². The third kappa shape index (κ3) is 4.10. The van der Waals surface area contributed by atoms with Gasteiger partial charge in [0.05, 0.1) is 6.61 Å². The molecule has 8 atom stereocenters.